The molecular formula is C17H9ClF3N5. The predicted octanol–water partition coefficient (Wildman–Crippen LogP) is 4.55. The fourth-order valence-electron chi connectivity index (χ4n) is 2.46. The average Bonchev–Trinajstić information content (AvgIpc) is 3.05. The number of hydrogen-bond donors (Lipinski definition) is 0. The van der Waals surface area contributed by atoms with E-state index in [0.717, 1.165) is 6.07 Å². The number of alkyl halides is 3. The standard InChI is InChI=1S/C17H9ClF3N5/c18-11-7-5-10(6-8-11)13-9-15(17(19,20)21)23-16(22-13)26-14-4-2-1-3-12(14)24-25-26/h1-9H. The smallest absolute Gasteiger partial charge is 0.211 e. The first kappa shape index (κ1) is 16.5. The van der Waals surface area contributed by atoms with Gasteiger partial charge in [-0.25, -0.2) is 9.97 Å². The first-order valence-electron chi connectivity index (χ1n) is 7.45. The van der Waals surface area contributed by atoms with Crippen LogP contribution in [0.4, 0.5) is 13.2 Å². The Morgan fingerprint density at radius 2 is 1.65 bits per heavy atom. The van der Waals surface area contributed by atoms with E-state index in [1.807, 2.05) is 0 Å². The van der Waals surface area contributed by atoms with Gasteiger partial charge in [-0.1, -0.05) is 41.1 Å². The van der Waals surface area contributed by atoms with Gasteiger partial charge in [0.2, 0.25) is 0 Å². The molecule has 0 saturated heterocycles. The average molecular weight is 376 g/mol. The normalized spacial score (nSPS) is 11.8. The molecule has 0 unspecified atom stereocenters. The molecule has 26 heavy (non-hydrogen) atoms. The number of halogens is 4. The van der Waals surface area contributed by atoms with Crippen molar-refractivity contribution in [2.45, 2.75) is 6.18 Å². The van der Waals surface area contributed by atoms with Gasteiger partial charge in [0.15, 0.2) is 5.69 Å². The minimum atomic E-state index is -4.63. The number of nitrogens with zero attached hydrogens (tertiary/aromatic N) is 5. The Bertz CT molecular complexity index is 1090. The van der Waals surface area contributed by atoms with Crippen LogP contribution in [0.15, 0.2) is 54.6 Å². The maximum Gasteiger partial charge on any atom is 0.433 e. The molecule has 4 rings (SSSR count). The Hall–Kier alpha value is -3.00. The van der Waals surface area contributed by atoms with Gasteiger partial charge in [-0.3, -0.25) is 0 Å². The summed E-state index contributed by atoms with van der Waals surface area (Å²) in [6, 6.07) is 14.1. The number of fused-ring (bicyclic) bond motifs is 1. The molecule has 2 heterocycles. The lowest BCUT2D eigenvalue weighted by Crippen LogP contribution is -2.13. The second kappa shape index (κ2) is 6.06. The zero-order valence-corrected chi connectivity index (χ0v) is 13.7. The van der Waals surface area contributed by atoms with Crippen molar-refractivity contribution < 1.29 is 13.2 Å². The summed E-state index contributed by atoms with van der Waals surface area (Å²) >= 11 is 5.85. The summed E-state index contributed by atoms with van der Waals surface area (Å²) < 4.78 is 41.2. The van der Waals surface area contributed by atoms with E-state index in [1.54, 1.807) is 48.5 Å². The molecule has 4 aromatic rings. The molecule has 130 valence electrons. The second-order valence-electron chi connectivity index (χ2n) is 5.43. The zero-order valence-electron chi connectivity index (χ0n) is 12.9. The van der Waals surface area contributed by atoms with E-state index in [-0.39, 0.29) is 11.6 Å². The molecule has 0 aliphatic rings. The van der Waals surface area contributed by atoms with Crippen LogP contribution in [0.2, 0.25) is 5.02 Å². The molecule has 9 heteroatoms. The van der Waals surface area contributed by atoms with Gasteiger partial charge < -0.3 is 0 Å². The second-order valence-corrected chi connectivity index (χ2v) is 5.87. The molecule has 0 fully saturated rings. The lowest BCUT2D eigenvalue weighted by Gasteiger charge is -2.11. The number of hydrogen-bond acceptors (Lipinski definition) is 4. The molecular weight excluding hydrogens is 367 g/mol. The number of para-hydroxylation sites is 1. The third kappa shape index (κ3) is 2.99. The van der Waals surface area contributed by atoms with E-state index in [9.17, 15) is 13.2 Å². The maximum atomic E-state index is 13.3. The van der Waals surface area contributed by atoms with Crippen LogP contribution in [0, 0.1) is 0 Å². The van der Waals surface area contributed by atoms with Gasteiger partial charge in [0.05, 0.1) is 11.2 Å². The van der Waals surface area contributed by atoms with E-state index in [0.29, 0.717) is 21.6 Å². The van der Waals surface area contributed by atoms with Crippen LogP contribution in [0.1, 0.15) is 5.69 Å². The largest absolute Gasteiger partial charge is 0.433 e. The maximum absolute atomic E-state index is 13.3. The van der Waals surface area contributed by atoms with Gasteiger partial charge >= 0.3 is 6.18 Å². The van der Waals surface area contributed by atoms with Crippen LogP contribution >= 0.6 is 11.6 Å². The zero-order chi connectivity index (χ0) is 18.3. The topological polar surface area (TPSA) is 56.5 Å². The molecule has 5 nitrogen and oxygen atoms in total. The van der Waals surface area contributed by atoms with Crippen LogP contribution in [0.5, 0.6) is 0 Å². The highest BCUT2D eigenvalue weighted by molar-refractivity contribution is 6.30. The van der Waals surface area contributed by atoms with Crippen LogP contribution < -0.4 is 0 Å². The number of aromatic nitrogens is 5. The van der Waals surface area contributed by atoms with Gasteiger partial charge in [-0.15, -0.1) is 5.10 Å². The Balaban J connectivity index is 1.94. The Kier molecular flexibility index (Phi) is 3.84. The van der Waals surface area contributed by atoms with Crippen molar-refractivity contribution in [3.8, 4) is 17.2 Å². The minimum Gasteiger partial charge on any atom is -0.211 e. The van der Waals surface area contributed by atoms with Crippen molar-refractivity contribution in [3.05, 3.63) is 65.3 Å². The lowest BCUT2D eigenvalue weighted by atomic mass is 10.1. The third-order valence-corrected chi connectivity index (χ3v) is 3.94. The summed E-state index contributed by atoms with van der Waals surface area (Å²) in [5, 5.41) is 8.30. The summed E-state index contributed by atoms with van der Waals surface area (Å²) in [5.41, 5.74) is 0.564. The highest BCUT2D eigenvalue weighted by atomic mass is 35.5. The summed E-state index contributed by atoms with van der Waals surface area (Å²) in [4.78, 5) is 7.88. The van der Waals surface area contributed by atoms with Crippen LogP contribution in [0.25, 0.3) is 28.2 Å². The van der Waals surface area contributed by atoms with Crippen LogP contribution in [-0.2, 0) is 6.18 Å². The van der Waals surface area contributed by atoms with Crippen molar-refractivity contribution in [1.82, 2.24) is 25.0 Å². The van der Waals surface area contributed by atoms with E-state index in [4.69, 9.17) is 11.6 Å². The summed E-state index contributed by atoms with van der Waals surface area (Å²) in [6.45, 7) is 0. The Labute approximate surface area is 150 Å². The van der Waals surface area contributed by atoms with Gasteiger partial charge in [0.1, 0.15) is 5.52 Å². The summed E-state index contributed by atoms with van der Waals surface area (Å²) in [6.07, 6.45) is -4.63. The molecule has 0 bridgehead atoms. The first-order valence-corrected chi connectivity index (χ1v) is 7.83. The first-order chi connectivity index (χ1) is 12.4. The van der Waals surface area contributed by atoms with Crippen molar-refractivity contribution in [2.24, 2.45) is 0 Å². The van der Waals surface area contributed by atoms with E-state index in [1.165, 1.54) is 4.68 Å². The molecule has 0 N–H and O–H groups in total. The van der Waals surface area contributed by atoms with Crippen molar-refractivity contribution in [1.29, 1.82) is 0 Å². The van der Waals surface area contributed by atoms with Gasteiger partial charge in [-0.05, 0) is 30.3 Å². The van der Waals surface area contributed by atoms with Crippen LogP contribution in [0.3, 0.4) is 0 Å². The number of benzene rings is 2. The fraction of sp³-hybridized carbons (Fsp3) is 0.0588. The molecule has 2 aromatic carbocycles. The summed E-state index contributed by atoms with van der Waals surface area (Å²) in [5.74, 6) is -0.210. The molecule has 0 radical (unpaired) electrons. The molecule has 0 aliphatic heterocycles. The number of rotatable bonds is 2. The van der Waals surface area contributed by atoms with Crippen molar-refractivity contribution in [2.75, 3.05) is 0 Å². The monoisotopic (exact) mass is 375 g/mol. The molecule has 0 saturated carbocycles. The molecule has 0 atom stereocenters. The highest BCUT2D eigenvalue weighted by Gasteiger charge is 2.34. The Morgan fingerprint density at radius 3 is 2.38 bits per heavy atom. The third-order valence-electron chi connectivity index (χ3n) is 3.69. The quantitative estimate of drug-likeness (QED) is 0.516. The van der Waals surface area contributed by atoms with Gasteiger partial charge in [-0.2, -0.15) is 17.9 Å². The minimum absolute atomic E-state index is 0.110. The predicted molar refractivity (Wildman–Crippen MR) is 89.9 cm³/mol. The molecule has 0 amide bonds. The summed E-state index contributed by atoms with van der Waals surface area (Å²) in [7, 11) is 0. The van der Waals surface area contributed by atoms with E-state index >= 15 is 0 Å². The van der Waals surface area contributed by atoms with Crippen molar-refractivity contribution >= 4 is 22.6 Å². The van der Waals surface area contributed by atoms with Gasteiger partial charge in [0.25, 0.3) is 5.95 Å². The van der Waals surface area contributed by atoms with Crippen molar-refractivity contribution in [3.63, 3.8) is 0 Å². The Morgan fingerprint density at radius 1 is 0.923 bits per heavy atom. The van der Waals surface area contributed by atoms with E-state index in [2.05, 4.69) is 20.3 Å². The fourth-order valence-corrected chi connectivity index (χ4v) is 2.59. The highest BCUT2D eigenvalue weighted by Crippen LogP contribution is 2.31. The SMILES string of the molecule is FC(F)(F)c1cc(-c2ccc(Cl)cc2)nc(-n2nnc3ccccc32)n1. The molecule has 0 aliphatic carbocycles. The van der Waals surface area contributed by atoms with E-state index < -0.39 is 11.9 Å². The lowest BCUT2D eigenvalue weighted by molar-refractivity contribution is -0.141. The molecule has 2 aromatic heterocycles. The van der Waals surface area contributed by atoms with Gasteiger partial charge in [0, 0.05) is 10.6 Å². The molecule has 0 spiro atoms. The van der Waals surface area contributed by atoms with Crippen LogP contribution in [-0.4, -0.2) is 25.0 Å².